The average molecular weight is 143 g/mol. The molecule has 0 spiro atoms. The molecule has 0 saturated heterocycles. The topological polar surface area (TPSA) is 50.9 Å². The van der Waals surface area contributed by atoms with E-state index in [4.69, 9.17) is 5.84 Å². The number of anilines is 1. The summed E-state index contributed by atoms with van der Waals surface area (Å²) in [5.41, 5.74) is 3.55. The van der Waals surface area contributed by atoms with Crippen LogP contribution in [0.15, 0.2) is 0 Å². The molecule has 1 aromatic rings. The Labute approximate surface area is 57.9 Å². The number of aromatic nitrogens is 1. The second kappa shape index (κ2) is 2.33. The van der Waals surface area contributed by atoms with Crippen molar-refractivity contribution in [3.05, 3.63) is 10.6 Å². The van der Waals surface area contributed by atoms with Gasteiger partial charge in [-0.3, -0.25) is 5.43 Å². The van der Waals surface area contributed by atoms with Gasteiger partial charge in [-0.1, -0.05) is 0 Å². The Balaban J connectivity index is 2.98. The molecule has 0 saturated carbocycles. The molecule has 0 radical (unpaired) electrons. The van der Waals surface area contributed by atoms with Gasteiger partial charge in [0.25, 0.3) is 0 Å². The second-order valence-corrected chi connectivity index (χ2v) is 3.01. The predicted octanol–water partition coefficient (Wildman–Crippen LogP) is 1.05. The summed E-state index contributed by atoms with van der Waals surface area (Å²) in [5, 5.41) is 0.782. The van der Waals surface area contributed by atoms with Crippen molar-refractivity contribution in [3.63, 3.8) is 0 Å². The molecule has 0 aliphatic heterocycles. The molecule has 50 valence electrons. The first-order chi connectivity index (χ1) is 4.24. The zero-order valence-electron chi connectivity index (χ0n) is 5.43. The van der Waals surface area contributed by atoms with Crippen molar-refractivity contribution < 1.29 is 0 Å². The van der Waals surface area contributed by atoms with Crippen molar-refractivity contribution in [1.82, 2.24) is 4.98 Å². The van der Waals surface area contributed by atoms with E-state index in [0.29, 0.717) is 0 Å². The van der Waals surface area contributed by atoms with Crippen molar-refractivity contribution in [2.24, 2.45) is 5.84 Å². The number of nitrogens with zero attached hydrogens (tertiary/aromatic N) is 1. The zero-order valence-corrected chi connectivity index (χ0v) is 6.25. The van der Waals surface area contributed by atoms with Crippen LogP contribution in [0.1, 0.15) is 10.6 Å². The Morgan fingerprint density at radius 3 is 2.44 bits per heavy atom. The molecule has 1 aromatic heterocycles. The summed E-state index contributed by atoms with van der Waals surface area (Å²) in [7, 11) is 0. The number of thiazole rings is 1. The standard InChI is InChI=1S/C5H9N3S/c1-3-4(2)9-5(7-3)8-6/h6H2,1-2H3,(H,7,8). The lowest BCUT2D eigenvalue weighted by Crippen LogP contribution is -2.05. The highest BCUT2D eigenvalue weighted by molar-refractivity contribution is 7.15. The largest absolute Gasteiger partial charge is 0.300 e. The number of nitrogens with two attached hydrogens (primary N) is 1. The van der Waals surface area contributed by atoms with Gasteiger partial charge >= 0.3 is 0 Å². The molecule has 3 N–H and O–H groups in total. The van der Waals surface area contributed by atoms with Crippen LogP contribution in [0.2, 0.25) is 0 Å². The van der Waals surface area contributed by atoms with Crippen LogP contribution in [0.5, 0.6) is 0 Å². The Hall–Kier alpha value is -0.610. The number of aryl methyl sites for hydroxylation is 2. The molecule has 0 amide bonds. The molecule has 0 unspecified atom stereocenters. The summed E-state index contributed by atoms with van der Waals surface area (Å²) in [6.07, 6.45) is 0. The summed E-state index contributed by atoms with van der Waals surface area (Å²) in [6.45, 7) is 3.99. The van der Waals surface area contributed by atoms with Crippen LogP contribution in [0.3, 0.4) is 0 Å². The fourth-order valence-electron chi connectivity index (χ4n) is 0.534. The molecule has 0 bridgehead atoms. The van der Waals surface area contributed by atoms with Crippen molar-refractivity contribution in [2.45, 2.75) is 13.8 Å². The van der Waals surface area contributed by atoms with E-state index in [2.05, 4.69) is 10.4 Å². The Kier molecular flexibility index (Phi) is 1.68. The van der Waals surface area contributed by atoms with Crippen LogP contribution in [-0.2, 0) is 0 Å². The van der Waals surface area contributed by atoms with Crippen LogP contribution in [0, 0.1) is 13.8 Å². The summed E-state index contributed by atoms with van der Waals surface area (Å²) in [6, 6.07) is 0. The summed E-state index contributed by atoms with van der Waals surface area (Å²) in [4.78, 5) is 5.32. The lowest BCUT2D eigenvalue weighted by molar-refractivity contribution is 1.20. The highest BCUT2D eigenvalue weighted by Crippen LogP contribution is 2.19. The van der Waals surface area contributed by atoms with E-state index in [-0.39, 0.29) is 0 Å². The molecule has 3 nitrogen and oxygen atoms in total. The Morgan fingerprint density at radius 1 is 1.56 bits per heavy atom. The minimum atomic E-state index is 0.782. The predicted molar refractivity (Wildman–Crippen MR) is 39.4 cm³/mol. The summed E-state index contributed by atoms with van der Waals surface area (Å²) < 4.78 is 0. The quantitative estimate of drug-likeness (QED) is 0.456. The molecular formula is C5H9N3S. The van der Waals surface area contributed by atoms with E-state index < -0.39 is 0 Å². The van der Waals surface area contributed by atoms with E-state index in [1.807, 2.05) is 13.8 Å². The zero-order chi connectivity index (χ0) is 6.85. The third kappa shape index (κ3) is 1.20. The molecule has 4 heteroatoms. The van der Waals surface area contributed by atoms with Crippen LogP contribution in [0.4, 0.5) is 5.13 Å². The van der Waals surface area contributed by atoms with Gasteiger partial charge in [0.05, 0.1) is 5.69 Å². The molecule has 1 heterocycles. The summed E-state index contributed by atoms with van der Waals surface area (Å²) in [5.74, 6) is 5.13. The monoisotopic (exact) mass is 143 g/mol. The van der Waals surface area contributed by atoms with Gasteiger partial charge in [-0.25, -0.2) is 10.8 Å². The van der Waals surface area contributed by atoms with E-state index in [9.17, 15) is 0 Å². The third-order valence-corrected chi connectivity index (χ3v) is 2.16. The molecule has 0 aliphatic carbocycles. The van der Waals surface area contributed by atoms with Gasteiger partial charge in [-0.05, 0) is 13.8 Å². The number of hydrogen-bond acceptors (Lipinski definition) is 4. The van der Waals surface area contributed by atoms with Gasteiger partial charge in [0.2, 0.25) is 0 Å². The normalized spacial score (nSPS) is 9.67. The minimum absolute atomic E-state index is 0.782. The maximum absolute atomic E-state index is 5.13. The van der Waals surface area contributed by atoms with Gasteiger partial charge in [-0.15, -0.1) is 11.3 Å². The van der Waals surface area contributed by atoms with Gasteiger partial charge in [0.1, 0.15) is 0 Å². The number of rotatable bonds is 1. The van der Waals surface area contributed by atoms with Crippen LogP contribution >= 0.6 is 11.3 Å². The Bertz CT molecular complexity index is 186. The molecule has 0 aliphatic rings. The first kappa shape index (κ1) is 6.51. The van der Waals surface area contributed by atoms with Crippen molar-refractivity contribution >= 4 is 16.5 Å². The van der Waals surface area contributed by atoms with E-state index in [1.54, 1.807) is 11.3 Å². The lowest BCUT2D eigenvalue weighted by Gasteiger charge is -1.85. The minimum Gasteiger partial charge on any atom is -0.300 e. The number of hydrogen-bond donors (Lipinski definition) is 2. The van der Waals surface area contributed by atoms with E-state index >= 15 is 0 Å². The Morgan fingerprint density at radius 2 is 2.22 bits per heavy atom. The van der Waals surface area contributed by atoms with Gasteiger partial charge in [0.15, 0.2) is 5.13 Å². The van der Waals surface area contributed by atoms with Crippen molar-refractivity contribution in [2.75, 3.05) is 5.43 Å². The number of nitrogens with one attached hydrogen (secondary N) is 1. The van der Waals surface area contributed by atoms with Crippen molar-refractivity contribution in [1.29, 1.82) is 0 Å². The number of nitrogen functional groups attached to an aromatic ring is 1. The van der Waals surface area contributed by atoms with Crippen LogP contribution in [0.25, 0.3) is 0 Å². The highest BCUT2D eigenvalue weighted by Gasteiger charge is 1.99. The van der Waals surface area contributed by atoms with Crippen LogP contribution in [-0.4, -0.2) is 4.98 Å². The van der Waals surface area contributed by atoms with Gasteiger partial charge in [-0.2, -0.15) is 0 Å². The maximum atomic E-state index is 5.13. The fraction of sp³-hybridized carbons (Fsp3) is 0.400. The van der Waals surface area contributed by atoms with Gasteiger partial charge < -0.3 is 0 Å². The maximum Gasteiger partial charge on any atom is 0.197 e. The first-order valence-electron chi connectivity index (χ1n) is 2.64. The van der Waals surface area contributed by atoms with E-state index in [0.717, 1.165) is 10.8 Å². The summed E-state index contributed by atoms with van der Waals surface area (Å²) >= 11 is 1.57. The highest BCUT2D eigenvalue weighted by atomic mass is 32.1. The smallest absolute Gasteiger partial charge is 0.197 e. The van der Waals surface area contributed by atoms with E-state index in [1.165, 1.54) is 4.88 Å². The van der Waals surface area contributed by atoms with Crippen LogP contribution < -0.4 is 11.3 Å². The molecule has 0 fully saturated rings. The van der Waals surface area contributed by atoms with Crippen molar-refractivity contribution in [3.8, 4) is 0 Å². The molecule has 0 aromatic carbocycles. The third-order valence-electron chi connectivity index (χ3n) is 1.15. The molecule has 0 atom stereocenters. The second-order valence-electron chi connectivity index (χ2n) is 1.80. The molecular weight excluding hydrogens is 134 g/mol. The number of hydrazine groups is 1. The first-order valence-corrected chi connectivity index (χ1v) is 3.46. The molecule has 1 rings (SSSR count). The SMILES string of the molecule is Cc1nc(NN)sc1C. The fourth-order valence-corrected chi connectivity index (χ4v) is 1.26. The van der Waals surface area contributed by atoms with Gasteiger partial charge in [0, 0.05) is 4.88 Å². The molecule has 9 heavy (non-hydrogen) atoms. The average Bonchev–Trinajstić information content (AvgIpc) is 2.13. The lowest BCUT2D eigenvalue weighted by atomic mass is 10.4.